The summed E-state index contributed by atoms with van der Waals surface area (Å²) in [7, 11) is 2.41. The molecule has 8 nitrogen and oxygen atoms in total. The molecule has 0 saturated heterocycles. The summed E-state index contributed by atoms with van der Waals surface area (Å²) in [5, 5.41) is 0. The lowest BCUT2D eigenvalue weighted by atomic mass is 9.79. The fourth-order valence-electron chi connectivity index (χ4n) is 4.07. The van der Waals surface area contributed by atoms with Crippen LogP contribution in [0.15, 0.2) is 65.3 Å². The molecule has 0 aromatic heterocycles. The predicted octanol–water partition coefficient (Wildman–Crippen LogP) is 3.29. The highest BCUT2D eigenvalue weighted by Crippen LogP contribution is 2.46. The molecule has 1 aliphatic heterocycles. The van der Waals surface area contributed by atoms with Crippen molar-refractivity contribution in [1.29, 1.82) is 0 Å². The van der Waals surface area contributed by atoms with Crippen LogP contribution >= 0.6 is 0 Å². The van der Waals surface area contributed by atoms with Gasteiger partial charge in [0, 0.05) is 25.2 Å². The first-order valence-electron chi connectivity index (χ1n) is 10.7. The minimum absolute atomic E-state index is 0.0161. The molecule has 2 atom stereocenters. The average Bonchev–Trinajstić information content (AvgIpc) is 3.32. The molecular formula is C25H27NO7S. The highest BCUT2D eigenvalue weighted by atomic mass is 32.2. The van der Waals surface area contributed by atoms with Crippen molar-refractivity contribution in [3.8, 4) is 17.2 Å². The van der Waals surface area contributed by atoms with Gasteiger partial charge in [-0.05, 0) is 23.8 Å². The zero-order chi connectivity index (χ0) is 24.5. The van der Waals surface area contributed by atoms with Crippen molar-refractivity contribution < 1.29 is 32.2 Å². The summed E-state index contributed by atoms with van der Waals surface area (Å²) in [6, 6.07) is 10.1. The highest BCUT2D eigenvalue weighted by Gasteiger charge is 2.37. The topological polar surface area (TPSA) is 91.4 Å². The van der Waals surface area contributed by atoms with Crippen LogP contribution in [-0.2, 0) is 26.2 Å². The first kappa shape index (κ1) is 23.8. The minimum Gasteiger partial charge on any atom is -0.500 e. The molecule has 1 heterocycles. The summed E-state index contributed by atoms with van der Waals surface area (Å²) in [4.78, 5) is 13.4. The van der Waals surface area contributed by atoms with E-state index >= 15 is 0 Å². The molecule has 180 valence electrons. The van der Waals surface area contributed by atoms with Gasteiger partial charge in [-0.15, -0.1) is 0 Å². The number of sulfonamides is 1. The first-order chi connectivity index (χ1) is 16.3. The molecule has 2 aliphatic rings. The van der Waals surface area contributed by atoms with Crippen molar-refractivity contribution >= 4 is 15.8 Å². The van der Waals surface area contributed by atoms with Crippen molar-refractivity contribution in [3.63, 3.8) is 0 Å². The molecule has 1 aliphatic carbocycles. The van der Waals surface area contributed by atoms with Gasteiger partial charge in [0.1, 0.15) is 13.2 Å². The van der Waals surface area contributed by atoms with E-state index in [0.717, 1.165) is 9.88 Å². The molecule has 34 heavy (non-hydrogen) atoms. The van der Waals surface area contributed by atoms with Crippen LogP contribution in [0.3, 0.4) is 0 Å². The molecule has 0 spiro atoms. The van der Waals surface area contributed by atoms with E-state index < -0.39 is 15.9 Å². The number of ether oxygens (including phenoxy) is 4. The van der Waals surface area contributed by atoms with Crippen LogP contribution < -0.4 is 14.2 Å². The number of ketones is 1. The van der Waals surface area contributed by atoms with Gasteiger partial charge in [0.2, 0.25) is 15.8 Å². The van der Waals surface area contributed by atoms with Gasteiger partial charge in [0.05, 0.1) is 37.2 Å². The van der Waals surface area contributed by atoms with E-state index in [4.69, 9.17) is 18.9 Å². The number of methoxy groups -OCH3 is 2. The third-order valence-corrected chi connectivity index (χ3v) is 7.75. The maximum atomic E-state index is 13.2. The van der Waals surface area contributed by atoms with Gasteiger partial charge in [-0.3, -0.25) is 4.79 Å². The fraction of sp³-hybridized carbons (Fsp3) is 0.320. The number of allylic oxidation sites excluding steroid dienone is 2. The van der Waals surface area contributed by atoms with Crippen LogP contribution in [0.25, 0.3) is 0 Å². The van der Waals surface area contributed by atoms with E-state index in [1.165, 1.54) is 34.4 Å². The minimum atomic E-state index is -3.58. The largest absolute Gasteiger partial charge is 0.500 e. The lowest BCUT2D eigenvalue weighted by molar-refractivity contribution is -0.122. The van der Waals surface area contributed by atoms with Crippen LogP contribution in [0, 0.1) is 5.92 Å². The Morgan fingerprint density at radius 2 is 1.88 bits per heavy atom. The molecule has 0 fully saturated rings. The van der Waals surface area contributed by atoms with Crippen molar-refractivity contribution in [2.45, 2.75) is 17.4 Å². The van der Waals surface area contributed by atoms with E-state index in [0.29, 0.717) is 35.0 Å². The van der Waals surface area contributed by atoms with Crippen LogP contribution in [0.5, 0.6) is 17.2 Å². The number of nitrogens with zero attached hydrogens (tertiary/aromatic N) is 1. The molecule has 4 rings (SSSR count). The summed E-state index contributed by atoms with van der Waals surface area (Å²) < 4.78 is 48.8. The second kappa shape index (κ2) is 9.52. The lowest BCUT2D eigenvalue weighted by Gasteiger charge is -2.25. The number of fused-ring (bicyclic) bond motifs is 1. The maximum Gasteiger partial charge on any atom is 0.242 e. The number of Topliss-reactive ketones (excluding diaryl/α,β-unsaturated/α-hetero) is 1. The number of hydrogen-bond acceptors (Lipinski definition) is 7. The molecular weight excluding hydrogens is 458 g/mol. The van der Waals surface area contributed by atoms with Crippen molar-refractivity contribution in [2.75, 3.05) is 34.9 Å². The van der Waals surface area contributed by atoms with E-state index in [-0.39, 0.29) is 23.2 Å². The third-order valence-electron chi connectivity index (χ3n) is 5.94. The third kappa shape index (κ3) is 4.28. The predicted molar refractivity (Wildman–Crippen MR) is 126 cm³/mol. The zero-order valence-electron chi connectivity index (χ0n) is 19.5. The number of carbonyl (C=O) groups excluding carboxylic acids is 1. The van der Waals surface area contributed by atoms with E-state index in [2.05, 4.69) is 0 Å². The van der Waals surface area contributed by atoms with Gasteiger partial charge in [0.25, 0.3) is 0 Å². The molecule has 9 heteroatoms. The SMILES string of the molecule is COc1ccc(C2C=CC3=COCC3C2=O)c(OCc2cccc(S(=O)(=O)N(C)C)c2)c1OC. The Morgan fingerprint density at radius 1 is 1.09 bits per heavy atom. The molecule has 0 bridgehead atoms. The van der Waals surface area contributed by atoms with Crippen LogP contribution in [-0.4, -0.2) is 53.4 Å². The number of carbonyl (C=O) groups is 1. The van der Waals surface area contributed by atoms with Crippen molar-refractivity contribution in [1.82, 2.24) is 4.31 Å². The zero-order valence-corrected chi connectivity index (χ0v) is 20.3. The quantitative estimate of drug-likeness (QED) is 0.567. The van der Waals surface area contributed by atoms with Crippen molar-refractivity contribution in [2.24, 2.45) is 5.92 Å². The van der Waals surface area contributed by atoms with Crippen LogP contribution in [0.2, 0.25) is 0 Å². The van der Waals surface area contributed by atoms with Gasteiger partial charge in [-0.1, -0.05) is 30.4 Å². The second-order valence-electron chi connectivity index (χ2n) is 8.19. The van der Waals surface area contributed by atoms with Gasteiger partial charge in [0.15, 0.2) is 17.3 Å². The first-order valence-corrected chi connectivity index (χ1v) is 12.1. The normalized spacial score (nSPS) is 19.4. The summed E-state index contributed by atoms with van der Waals surface area (Å²) in [6.07, 6.45) is 5.35. The Bertz CT molecular complexity index is 1260. The second-order valence-corrected chi connectivity index (χ2v) is 10.3. The fourth-order valence-corrected chi connectivity index (χ4v) is 5.04. The molecule has 2 aromatic carbocycles. The number of hydrogen-bond donors (Lipinski definition) is 0. The molecule has 0 amide bonds. The molecule has 0 saturated carbocycles. The van der Waals surface area contributed by atoms with Gasteiger partial charge in [-0.2, -0.15) is 0 Å². The molecule has 2 aromatic rings. The smallest absolute Gasteiger partial charge is 0.242 e. The summed E-state index contributed by atoms with van der Waals surface area (Å²) >= 11 is 0. The summed E-state index contributed by atoms with van der Waals surface area (Å²) in [6.45, 7) is 0.390. The monoisotopic (exact) mass is 485 g/mol. The number of rotatable bonds is 8. The molecule has 2 unspecified atom stereocenters. The molecule has 0 N–H and O–H groups in total. The Kier molecular flexibility index (Phi) is 6.67. The van der Waals surface area contributed by atoms with Gasteiger partial charge >= 0.3 is 0 Å². The van der Waals surface area contributed by atoms with Crippen LogP contribution in [0.4, 0.5) is 0 Å². The Balaban J connectivity index is 1.70. The standard InChI is InChI=1S/C25H27NO7S/c1-26(2)34(28,29)18-7-5-6-16(12-18)13-33-24-20(10-11-22(30-3)25(24)31-4)19-9-8-17-14-32-15-21(17)23(19)27/h5-12,14,19,21H,13,15H2,1-4H3. The Labute approximate surface area is 199 Å². The number of benzene rings is 2. The van der Waals surface area contributed by atoms with E-state index in [1.54, 1.807) is 36.6 Å². The van der Waals surface area contributed by atoms with Gasteiger partial charge in [-0.25, -0.2) is 12.7 Å². The lowest BCUT2D eigenvalue weighted by Crippen LogP contribution is -2.26. The average molecular weight is 486 g/mol. The van der Waals surface area contributed by atoms with Crippen LogP contribution in [0.1, 0.15) is 17.0 Å². The molecule has 0 radical (unpaired) electrons. The Morgan fingerprint density at radius 3 is 2.59 bits per heavy atom. The summed E-state index contributed by atoms with van der Waals surface area (Å²) in [5.41, 5.74) is 2.16. The van der Waals surface area contributed by atoms with E-state index in [1.807, 2.05) is 12.2 Å². The maximum absolute atomic E-state index is 13.2. The Hall–Kier alpha value is -3.30. The highest BCUT2D eigenvalue weighted by molar-refractivity contribution is 7.89. The van der Waals surface area contributed by atoms with Crippen molar-refractivity contribution in [3.05, 3.63) is 71.5 Å². The summed E-state index contributed by atoms with van der Waals surface area (Å²) in [5.74, 6) is 0.354. The van der Waals surface area contributed by atoms with E-state index in [9.17, 15) is 13.2 Å². The van der Waals surface area contributed by atoms with Gasteiger partial charge < -0.3 is 18.9 Å².